The van der Waals surface area contributed by atoms with Gasteiger partial charge in [0.25, 0.3) is 5.91 Å². The van der Waals surface area contributed by atoms with Crippen LogP contribution >= 0.6 is 0 Å². The molecule has 0 radical (unpaired) electrons. The van der Waals surface area contributed by atoms with Crippen molar-refractivity contribution in [2.45, 2.75) is 32.9 Å². The number of hydrogen-bond donors (Lipinski definition) is 2. The lowest BCUT2D eigenvalue weighted by Crippen LogP contribution is -2.27. The average Bonchev–Trinajstić information content (AvgIpc) is 2.75. The van der Waals surface area contributed by atoms with Crippen molar-refractivity contribution in [3.8, 4) is 0 Å². The van der Waals surface area contributed by atoms with Gasteiger partial charge >= 0.3 is 0 Å². The molecule has 1 amide bonds. The molecule has 1 fully saturated rings. The Kier molecular flexibility index (Phi) is 2.38. The maximum Gasteiger partial charge on any atom is 0.274 e. The number of aryl methyl sites for hydroxylation is 1. The quantitative estimate of drug-likeness (QED) is 0.765. The molecule has 0 bridgehead atoms. The first kappa shape index (κ1) is 10.0. The molecule has 1 heterocycles. The van der Waals surface area contributed by atoms with Gasteiger partial charge in [-0.1, -0.05) is 6.92 Å². The highest BCUT2D eigenvalue weighted by molar-refractivity contribution is 5.97. The molecule has 1 aliphatic carbocycles. The molecule has 3 N–H and O–H groups in total. The second-order valence-corrected chi connectivity index (χ2v) is 4.08. The number of anilines is 1. The third-order valence-corrected chi connectivity index (χ3v) is 2.76. The maximum atomic E-state index is 11.7. The van der Waals surface area contributed by atoms with Crippen LogP contribution in [0.2, 0.25) is 0 Å². The van der Waals surface area contributed by atoms with Crippen LogP contribution in [0.15, 0.2) is 6.20 Å². The zero-order valence-electron chi connectivity index (χ0n) is 9.03. The van der Waals surface area contributed by atoms with Crippen LogP contribution in [0.4, 0.5) is 5.69 Å². The van der Waals surface area contributed by atoms with Crippen molar-refractivity contribution in [2.24, 2.45) is 5.92 Å². The number of nitrogen functional groups attached to an aromatic ring is 1. The number of aromatic nitrogens is 2. The molecular formula is C10H16N4O. The van der Waals surface area contributed by atoms with Gasteiger partial charge in [-0.25, -0.2) is 0 Å². The second kappa shape index (κ2) is 3.56. The van der Waals surface area contributed by atoms with Crippen molar-refractivity contribution in [1.82, 2.24) is 15.1 Å². The Bertz CT molecular complexity index is 385. The van der Waals surface area contributed by atoms with Crippen molar-refractivity contribution in [3.63, 3.8) is 0 Å². The van der Waals surface area contributed by atoms with Crippen LogP contribution < -0.4 is 11.1 Å². The molecule has 1 saturated carbocycles. The maximum absolute atomic E-state index is 11.7. The number of nitrogens with one attached hydrogen (secondary N) is 1. The normalized spacial score (nSPS) is 23.9. The molecule has 0 aromatic carbocycles. The number of amides is 1. The molecule has 5 nitrogen and oxygen atoms in total. The predicted molar refractivity (Wildman–Crippen MR) is 57.3 cm³/mol. The van der Waals surface area contributed by atoms with Crippen LogP contribution in [0.3, 0.4) is 0 Å². The number of hydrogen-bond acceptors (Lipinski definition) is 3. The van der Waals surface area contributed by atoms with Gasteiger partial charge in [0.1, 0.15) is 0 Å². The number of nitrogens with two attached hydrogens (primary N) is 1. The molecular weight excluding hydrogens is 192 g/mol. The van der Waals surface area contributed by atoms with Crippen LogP contribution in [0.5, 0.6) is 0 Å². The van der Waals surface area contributed by atoms with Crippen molar-refractivity contribution >= 4 is 11.6 Å². The molecule has 82 valence electrons. The van der Waals surface area contributed by atoms with E-state index in [0.29, 0.717) is 23.3 Å². The summed E-state index contributed by atoms with van der Waals surface area (Å²) in [4.78, 5) is 11.7. The smallest absolute Gasteiger partial charge is 0.274 e. The Hall–Kier alpha value is -1.52. The Morgan fingerprint density at radius 1 is 1.80 bits per heavy atom. The summed E-state index contributed by atoms with van der Waals surface area (Å²) in [6.07, 6.45) is 2.74. The van der Waals surface area contributed by atoms with E-state index in [2.05, 4.69) is 17.3 Å². The lowest BCUT2D eigenvalue weighted by molar-refractivity contribution is 0.0944. The molecule has 2 atom stereocenters. The minimum absolute atomic E-state index is 0.158. The molecule has 1 aromatic rings. The van der Waals surface area contributed by atoms with Gasteiger partial charge in [0.15, 0.2) is 5.69 Å². The summed E-state index contributed by atoms with van der Waals surface area (Å²) in [7, 11) is 0. The van der Waals surface area contributed by atoms with Gasteiger partial charge < -0.3 is 11.1 Å². The minimum atomic E-state index is -0.158. The van der Waals surface area contributed by atoms with Gasteiger partial charge in [-0.15, -0.1) is 0 Å². The van der Waals surface area contributed by atoms with Crippen LogP contribution in [-0.4, -0.2) is 21.7 Å². The van der Waals surface area contributed by atoms with Gasteiger partial charge in [-0.05, 0) is 19.3 Å². The van der Waals surface area contributed by atoms with Crippen LogP contribution in [-0.2, 0) is 6.54 Å². The van der Waals surface area contributed by atoms with E-state index in [1.54, 1.807) is 10.9 Å². The van der Waals surface area contributed by atoms with Gasteiger partial charge in [0.05, 0.1) is 5.69 Å². The Labute approximate surface area is 88.6 Å². The first-order chi connectivity index (χ1) is 7.11. The van der Waals surface area contributed by atoms with Gasteiger partial charge in [-0.2, -0.15) is 5.10 Å². The second-order valence-electron chi connectivity index (χ2n) is 4.08. The summed E-state index contributed by atoms with van der Waals surface area (Å²) in [5.74, 6) is 0.428. The molecule has 0 spiro atoms. The van der Waals surface area contributed by atoms with E-state index in [9.17, 15) is 4.79 Å². The number of carbonyl (C=O) groups excluding carboxylic acids is 1. The molecule has 0 aliphatic heterocycles. The molecule has 5 heteroatoms. The summed E-state index contributed by atoms with van der Waals surface area (Å²) in [5.41, 5.74) is 6.49. The molecule has 2 rings (SSSR count). The van der Waals surface area contributed by atoms with E-state index in [1.165, 1.54) is 0 Å². The average molecular weight is 208 g/mol. The first-order valence-electron chi connectivity index (χ1n) is 5.25. The summed E-state index contributed by atoms with van der Waals surface area (Å²) in [6.45, 7) is 4.79. The highest BCUT2D eigenvalue weighted by Crippen LogP contribution is 2.29. The van der Waals surface area contributed by atoms with Crippen LogP contribution in [0, 0.1) is 5.92 Å². The third kappa shape index (κ3) is 1.95. The van der Waals surface area contributed by atoms with E-state index in [1.807, 2.05) is 6.92 Å². The lowest BCUT2D eigenvalue weighted by atomic mass is 10.3. The minimum Gasteiger partial charge on any atom is -0.396 e. The predicted octanol–water partition coefficient (Wildman–Crippen LogP) is 0.623. The largest absolute Gasteiger partial charge is 0.396 e. The molecule has 1 aromatic heterocycles. The van der Waals surface area contributed by atoms with E-state index >= 15 is 0 Å². The van der Waals surface area contributed by atoms with E-state index in [0.717, 1.165) is 13.0 Å². The Morgan fingerprint density at radius 3 is 2.93 bits per heavy atom. The first-order valence-corrected chi connectivity index (χ1v) is 5.25. The van der Waals surface area contributed by atoms with Crippen molar-refractivity contribution in [1.29, 1.82) is 0 Å². The van der Waals surface area contributed by atoms with Gasteiger partial charge in [-0.3, -0.25) is 9.48 Å². The summed E-state index contributed by atoms with van der Waals surface area (Å²) < 4.78 is 1.67. The lowest BCUT2D eigenvalue weighted by Gasteiger charge is -2.00. The van der Waals surface area contributed by atoms with E-state index < -0.39 is 0 Å². The van der Waals surface area contributed by atoms with Crippen LogP contribution in [0.1, 0.15) is 30.8 Å². The monoisotopic (exact) mass is 208 g/mol. The number of rotatable bonds is 3. The summed E-state index contributed by atoms with van der Waals surface area (Å²) >= 11 is 0. The van der Waals surface area contributed by atoms with Gasteiger partial charge in [0.2, 0.25) is 0 Å². The van der Waals surface area contributed by atoms with E-state index in [4.69, 9.17) is 5.73 Å². The van der Waals surface area contributed by atoms with Crippen molar-refractivity contribution in [2.75, 3.05) is 5.73 Å². The Balaban J connectivity index is 2.07. The zero-order chi connectivity index (χ0) is 11.0. The molecule has 0 saturated heterocycles. The number of carbonyl (C=O) groups is 1. The molecule has 2 unspecified atom stereocenters. The van der Waals surface area contributed by atoms with E-state index in [-0.39, 0.29) is 5.91 Å². The highest BCUT2D eigenvalue weighted by Gasteiger charge is 2.34. The topological polar surface area (TPSA) is 72.9 Å². The third-order valence-electron chi connectivity index (χ3n) is 2.76. The Morgan fingerprint density at radius 2 is 2.47 bits per heavy atom. The zero-order valence-corrected chi connectivity index (χ0v) is 9.03. The fourth-order valence-electron chi connectivity index (χ4n) is 1.54. The standard InChI is InChI=1S/C10H16N4O/c1-3-14-5-7(11)9(13-14)10(15)12-8-4-6(8)2/h5-6,8H,3-4,11H2,1-2H3,(H,12,15). The van der Waals surface area contributed by atoms with Crippen LogP contribution in [0.25, 0.3) is 0 Å². The fraction of sp³-hybridized carbons (Fsp3) is 0.600. The molecule has 1 aliphatic rings. The fourth-order valence-corrected chi connectivity index (χ4v) is 1.54. The highest BCUT2D eigenvalue weighted by atomic mass is 16.2. The number of nitrogens with zero attached hydrogens (tertiary/aromatic N) is 2. The van der Waals surface area contributed by atoms with Crippen molar-refractivity contribution < 1.29 is 4.79 Å². The SMILES string of the molecule is CCn1cc(N)c(C(=O)NC2CC2C)n1. The molecule has 15 heavy (non-hydrogen) atoms. The van der Waals surface area contributed by atoms with Crippen molar-refractivity contribution in [3.05, 3.63) is 11.9 Å². The summed E-state index contributed by atoms with van der Waals surface area (Å²) in [6, 6.07) is 0.309. The summed E-state index contributed by atoms with van der Waals surface area (Å²) in [5, 5.41) is 7.02. The van der Waals surface area contributed by atoms with Gasteiger partial charge in [0, 0.05) is 18.8 Å².